The highest BCUT2D eigenvalue weighted by Gasteiger charge is 2.06. The molecule has 0 aromatic heterocycles. The minimum atomic E-state index is 0.503. The minimum Gasteiger partial charge on any atom is -0.411 e. The lowest BCUT2D eigenvalue weighted by atomic mass is 10.1. The number of hydrogen-bond acceptors (Lipinski definition) is 4. The van der Waals surface area contributed by atoms with Gasteiger partial charge in [0.15, 0.2) is 0 Å². The SMILES string of the molecule is CON=C(C)C(Cc1ccccc1)=NO. The van der Waals surface area contributed by atoms with E-state index in [2.05, 4.69) is 15.1 Å². The highest BCUT2D eigenvalue weighted by Crippen LogP contribution is 2.02. The number of hydrogen-bond donors (Lipinski definition) is 1. The van der Waals surface area contributed by atoms with Crippen LogP contribution in [0.2, 0.25) is 0 Å². The van der Waals surface area contributed by atoms with Crippen LogP contribution in [0, 0.1) is 0 Å². The van der Waals surface area contributed by atoms with Gasteiger partial charge in [-0.15, -0.1) is 0 Å². The number of nitrogens with zero attached hydrogens (tertiary/aromatic N) is 2. The van der Waals surface area contributed by atoms with Crippen LogP contribution in [0.25, 0.3) is 0 Å². The first-order chi connectivity index (χ1) is 7.27. The average Bonchev–Trinajstić information content (AvgIpc) is 2.27. The summed E-state index contributed by atoms with van der Waals surface area (Å²) in [4.78, 5) is 4.62. The van der Waals surface area contributed by atoms with Crippen molar-refractivity contribution < 1.29 is 10.0 Å². The predicted octanol–water partition coefficient (Wildman–Crippen LogP) is 2.08. The Morgan fingerprint density at radius 2 is 2.00 bits per heavy atom. The van der Waals surface area contributed by atoms with Gasteiger partial charge in [-0.3, -0.25) is 0 Å². The minimum absolute atomic E-state index is 0.503. The van der Waals surface area contributed by atoms with Crippen LogP contribution >= 0.6 is 0 Å². The van der Waals surface area contributed by atoms with Crippen molar-refractivity contribution in [3.05, 3.63) is 35.9 Å². The first-order valence-corrected chi connectivity index (χ1v) is 4.61. The molecule has 0 fully saturated rings. The Balaban J connectivity index is 2.76. The second-order valence-electron chi connectivity index (χ2n) is 3.07. The van der Waals surface area contributed by atoms with E-state index < -0.39 is 0 Å². The lowest BCUT2D eigenvalue weighted by molar-refractivity contribution is 0.214. The molecule has 0 amide bonds. The van der Waals surface area contributed by atoms with Gasteiger partial charge in [-0.05, 0) is 12.5 Å². The van der Waals surface area contributed by atoms with Gasteiger partial charge in [0.2, 0.25) is 0 Å². The molecule has 0 atom stereocenters. The Hall–Kier alpha value is -1.84. The van der Waals surface area contributed by atoms with Gasteiger partial charge in [0.05, 0.1) is 0 Å². The van der Waals surface area contributed by atoms with E-state index in [1.54, 1.807) is 6.92 Å². The summed E-state index contributed by atoms with van der Waals surface area (Å²) in [7, 11) is 1.46. The Morgan fingerprint density at radius 1 is 1.33 bits per heavy atom. The van der Waals surface area contributed by atoms with Crippen molar-refractivity contribution in [2.75, 3.05) is 7.11 Å². The van der Waals surface area contributed by atoms with Gasteiger partial charge >= 0.3 is 0 Å². The first-order valence-electron chi connectivity index (χ1n) is 4.61. The lowest BCUT2D eigenvalue weighted by Crippen LogP contribution is -2.14. The Morgan fingerprint density at radius 3 is 2.53 bits per heavy atom. The van der Waals surface area contributed by atoms with Crippen LogP contribution < -0.4 is 0 Å². The van der Waals surface area contributed by atoms with Crippen LogP contribution in [0.5, 0.6) is 0 Å². The quantitative estimate of drug-likeness (QED) is 0.466. The molecule has 0 aliphatic carbocycles. The summed E-state index contributed by atoms with van der Waals surface area (Å²) in [6.45, 7) is 1.74. The zero-order chi connectivity index (χ0) is 11.1. The fourth-order valence-corrected chi connectivity index (χ4v) is 1.21. The summed E-state index contributed by atoms with van der Waals surface area (Å²) in [5, 5.41) is 15.8. The number of oxime groups is 2. The average molecular weight is 206 g/mol. The molecule has 0 aliphatic heterocycles. The molecule has 0 unspecified atom stereocenters. The van der Waals surface area contributed by atoms with Crippen LogP contribution in [0.15, 0.2) is 40.6 Å². The molecule has 0 aliphatic rings. The van der Waals surface area contributed by atoms with Gasteiger partial charge in [-0.2, -0.15) is 0 Å². The van der Waals surface area contributed by atoms with Crippen LogP contribution in [0.4, 0.5) is 0 Å². The monoisotopic (exact) mass is 206 g/mol. The number of rotatable bonds is 4. The molecule has 0 saturated heterocycles. The molecule has 0 radical (unpaired) electrons. The van der Waals surface area contributed by atoms with Crippen LogP contribution in [0.1, 0.15) is 12.5 Å². The van der Waals surface area contributed by atoms with Crippen LogP contribution in [-0.2, 0) is 11.3 Å². The predicted molar refractivity (Wildman–Crippen MR) is 59.5 cm³/mol. The van der Waals surface area contributed by atoms with E-state index in [0.717, 1.165) is 5.56 Å². The fourth-order valence-electron chi connectivity index (χ4n) is 1.21. The Bertz CT molecular complexity index is 358. The fraction of sp³-hybridized carbons (Fsp3) is 0.273. The van der Waals surface area contributed by atoms with E-state index in [1.165, 1.54) is 7.11 Å². The molecular weight excluding hydrogens is 192 g/mol. The molecule has 15 heavy (non-hydrogen) atoms. The maximum absolute atomic E-state index is 8.84. The van der Waals surface area contributed by atoms with Crippen molar-refractivity contribution in [3.8, 4) is 0 Å². The second-order valence-corrected chi connectivity index (χ2v) is 3.07. The molecule has 1 N–H and O–H groups in total. The van der Waals surface area contributed by atoms with E-state index in [0.29, 0.717) is 17.8 Å². The third kappa shape index (κ3) is 3.42. The van der Waals surface area contributed by atoms with Crippen molar-refractivity contribution in [1.82, 2.24) is 0 Å². The van der Waals surface area contributed by atoms with E-state index in [4.69, 9.17) is 5.21 Å². The standard InChI is InChI=1S/C11H14N2O2/c1-9(13-15-2)11(12-14)8-10-6-4-3-5-7-10/h3-7,14H,8H2,1-2H3. The van der Waals surface area contributed by atoms with Gasteiger partial charge in [-0.25, -0.2) is 0 Å². The van der Waals surface area contributed by atoms with Crippen LogP contribution in [-0.4, -0.2) is 23.7 Å². The van der Waals surface area contributed by atoms with Crippen molar-refractivity contribution in [3.63, 3.8) is 0 Å². The molecule has 1 aromatic carbocycles. The zero-order valence-corrected chi connectivity index (χ0v) is 8.84. The maximum atomic E-state index is 8.84. The molecule has 1 aromatic rings. The molecule has 80 valence electrons. The van der Waals surface area contributed by atoms with Crippen molar-refractivity contribution in [2.45, 2.75) is 13.3 Å². The summed E-state index contributed by atoms with van der Waals surface area (Å²) in [5.41, 5.74) is 2.14. The maximum Gasteiger partial charge on any atom is 0.108 e. The van der Waals surface area contributed by atoms with Gasteiger partial charge < -0.3 is 10.0 Å². The van der Waals surface area contributed by atoms with Crippen molar-refractivity contribution in [1.29, 1.82) is 0 Å². The van der Waals surface area contributed by atoms with E-state index in [9.17, 15) is 0 Å². The molecule has 4 heteroatoms. The molecule has 1 rings (SSSR count). The Labute approximate surface area is 88.9 Å². The third-order valence-corrected chi connectivity index (χ3v) is 1.98. The van der Waals surface area contributed by atoms with Gasteiger partial charge in [0.1, 0.15) is 18.5 Å². The Kier molecular flexibility index (Phi) is 4.34. The molecule has 4 nitrogen and oxygen atoms in total. The third-order valence-electron chi connectivity index (χ3n) is 1.98. The van der Waals surface area contributed by atoms with Crippen LogP contribution in [0.3, 0.4) is 0 Å². The summed E-state index contributed by atoms with van der Waals surface area (Å²) in [5.74, 6) is 0. The van der Waals surface area contributed by atoms with Gasteiger partial charge in [0.25, 0.3) is 0 Å². The van der Waals surface area contributed by atoms with Gasteiger partial charge in [-0.1, -0.05) is 40.6 Å². The molecule has 0 spiro atoms. The molecule has 0 saturated carbocycles. The smallest absolute Gasteiger partial charge is 0.108 e. The van der Waals surface area contributed by atoms with Crippen molar-refractivity contribution in [2.24, 2.45) is 10.3 Å². The largest absolute Gasteiger partial charge is 0.411 e. The van der Waals surface area contributed by atoms with Gasteiger partial charge in [0, 0.05) is 6.42 Å². The van der Waals surface area contributed by atoms with E-state index >= 15 is 0 Å². The van der Waals surface area contributed by atoms with E-state index in [-0.39, 0.29) is 0 Å². The zero-order valence-electron chi connectivity index (χ0n) is 8.84. The highest BCUT2D eigenvalue weighted by molar-refractivity contribution is 6.41. The molecule has 0 bridgehead atoms. The summed E-state index contributed by atoms with van der Waals surface area (Å²) >= 11 is 0. The normalized spacial score (nSPS) is 12.7. The summed E-state index contributed by atoms with van der Waals surface area (Å²) < 4.78 is 0. The lowest BCUT2D eigenvalue weighted by Gasteiger charge is -2.03. The first kappa shape index (κ1) is 11.2. The summed E-state index contributed by atoms with van der Waals surface area (Å²) in [6.07, 6.45) is 0.538. The second kappa shape index (κ2) is 5.80. The van der Waals surface area contributed by atoms with Crippen molar-refractivity contribution >= 4 is 11.4 Å². The molecular formula is C11H14N2O2. The number of benzene rings is 1. The highest BCUT2D eigenvalue weighted by atomic mass is 16.6. The summed E-state index contributed by atoms with van der Waals surface area (Å²) in [6, 6.07) is 9.74. The topological polar surface area (TPSA) is 54.2 Å². The molecule has 0 heterocycles. The van der Waals surface area contributed by atoms with E-state index in [1.807, 2.05) is 30.3 Å².